The summed E-state index contributed by atoms with van der Waals surface area (Å²) in [5.41, 5.74) is 3.58. The van der Waals surface area contributed by atoms with E-state index in [0.29, 0.717) is 19.5 Å². The SMILES string of the molecule is CCCCN(CC(=O)N1CCc2sccc2[C@H]1c1ccc(C)cc1)C(=O)CC. The first-order valence-electron chi connectivity index (χ1n) is 10.2. The fraction of sp³-hybridized carbons (Fsp3) is 0.478. The Labute approximate surface area is 172 Å². The Balaban J connectivity index is 1.86. The van der Waals surface area contributed by atoms with E-state index in [1.807, 2.05) is 11.8 Å². The second kappa shape index (κ2) is 9.37. The van der Waals surface area contributed by atoms with E-state index >= 15 is 0 Å². The van der Waals surface area contributed by atoms with Gasteiger partial charge in [0, 0.05) is 24.4 Å². The topological polar surface area (TPSA) is 40.6 Å². The number of carbonyl (C=O) groups excluding carboxylic acids is 2. The van der Waals surface area contributed by atoms with Crippen LogP contribution in [0.1, 0.15) is 60.7 Å². The van der Waals surface area contributed by atoms with Gasteiger partial charge in [0.25, 0.3) is 0 Å². The summed E-state index contributed by atoms with van der Waals surface area (Å²) in [7, 11) is 0. The van der Waals surface area contributed by atoms with E-state index in [1.165, 1.54) is 16.0 Å². The van der Waals surface area contributed by atoms with Crippen LogP contribution in [0.2, 0.25) is 0 Å². The molecule has 1 aliphatic heterocycles. The normalized spacial score (nSPS) is 16.0. The summed E-state index contributed by atoms with van der Waals surface area (Å²) < 4.78 is 0. The number of hydrogen-bond acceptors (Lipinski definition) is 3. The molecule has 28 heavy (non-hydrogen) atoms. The molecule has 0 spiro atoms. The van der Waals surface area contributed by atoms with E-state index in [0.717, 1.165) is 24.8 Å². The van der Waals surface area contributed by atoms with Crippen molar-refractivity contribution in [2.24, 2.45) is 0 Å². The van der Waals surface area contributed by atoms with Gasteiger partial charge in [-0.05, 0) is 42.3 Å². The first-order valence-corrected chi connectivity index (χ1v) is 11.1. The predicted molar refractivity (Wildman–Crippen MR) is 115 cm³/mol. The van der Waals surface area contributed by atoms with Crippen LogP contribution in [0, 0.1) is 6.92 Å². The van der Waals surface area contributed by atoms with Gasteiger partial charge in [-0.2, -0.15) is 0 Å². The van der Waals surface area contributed by atoms with Gasteiger partial charge < -0.3 is 9.80 Å². The summed E-state index contributed by atoms with van der Waals surface area (Å²) in [6, 6.07) is 10.5. The van der Waals surface area contributed by atoms with Gasteiger partial charge in [0.2, 0.25) is 11.8 Å². The summed E-state index contributed by atoms with van der Waals surface area (Å²) in [5.74, 6) is 0.0993. The molecule has 0 bridgehead atoms. The Bertz CT molecular complexity index is 812. The molecular formula is C23H30N2O2S. The Morgan fingerprint density at radius 2 is 1.93 bits per heavy atom. The zero-order chi connectivity index (χ0) is 20.1. The van der Waals surface area contributed by atoms with Crippen LogP contribution in [0.5, 0.6) is 0 Å². The molecule has 0 N–H and O–H groups in total. The molecular weight excluding hydrogens is 368 g/mol. The van der Waals surface area contributed by atoms with Crippen molar-refractivity contribution in [2.45, 2.75) is 52.5 Å². The monoisotopic (exact) mass is 398 g/mol. The lowest BCUT2D eigenvalue weighted by Crippen LogP contribution is -2.46. The standard InChI is InChI=1S/C23H30N2O2S/c1-4-6-13-24(21(26)5-2)16-22(27)25-14-11-20-19(12-15-28-20)23(25)18-9-7-17(3)8-10-18/h7-10,12,15,23H,4-6,11,13-14,16H2,1-3H3/t23-/m1/s1. The predicted octanol–water partition coefficient (Wildman–Crippen LogP) is 4.57. The molecule has 2 amide bonds. The molecule has 1 aromatic carbocycles. The van der Waals surface area contributed by atoms with Crippen molar-refractivity contribution in [3.8, 4) is 0 Å². The molecule has 1 atom stereocenters. The minimum absolute atomic E-state index is 0.0420. The van der Waals surface area contributed by atoms with Gasteiger partial charge in [-0.3, -0.25) is 9.59 Å². The minimum Gasteiger partial charge on any atom is -0.333 e. The van der Waals surface area contributed by atoms with Crippen molar-refractivity contribution in [2.75, 3.05) is 19.6 Å². The van der Waals surface area contributed by atoms with E-state index in [4.69, 9.17) is 0 Å². The summed E-state index contributed by atoms with van der Waals surface area (Å²) >= 11 is 1.77. The molecule has 2 aromatic rings. The van der Waals surface area contributed by atoms with Crippen LogP contribution in [0.4, 0.5) is 0 Å². The number of hydrogen-bond donors (Lipinski definition) is 0. The minimum atomic E-state index is -0.0622. The average molecular weight is 399 g/mol. The maximum absolute atomic E-state index is 13.3. The maximum Gasteiger partial charge on any atom is 0.242 e. The highest BCUT2D eigenvalue weighted by atomic mass is 32.1. The van der Waals surface area contributed by atoms with Crippen LogP contribution < -0.4 is 0 Å². The van der Waals surface area contributed by atoms with Gasteiger partial charge in [-0.1, -0.05) is 50.1 Å². The van der Waals surface area contributed by atoms with Crippen molar-refractivity contribution in [3.63, 3.8) is 0 Å². The highest BCUT2D eigenvalue weighted by Gasteiger charge is 2.33. The largest absolute Gasteiger partial charge is 0.333 e. The Kier molecular flexibility index (Phi) is 6.89. The number of thiophene rings is 1. The van der Waals surface area contributed by atoms with Crippen LogP contribution in [-0.2, 0) is 16.0 Å². The fourth-order valence-electron chi connectivity index (χ4n) is 3.81. The van der Waals surface area contributed by atoms with Gasteiger partial charge in [-0.15, -0.1) is 11.3 Å². The Morgan fingerprint density at radius 1 is 1.18 bits per heavy atom. The zero-order valence-electron chi connectivity index (χ0n) is 17.1. The van der Waals surface area contributed by atoms with Crippen LogP contribution in [0.25, 0.3) is 0 Å². The Hall–Kier alpha value is -2.14. The van der Waals surface area contributed by atoms with Crippen molar-refractivity contribution in [1.29, 1.82) is 0 Å². The number of aryl methyl sites for hydroxylation is 1. The number of nitrogens with zero attached hydrogens (tertiary/aromatic N) is 2. The van der Waals surface area contributed by atoms with Crippen LogP contribution >= 0.6 is 11.3 Å². The molecule has 0 unspecified atom stereocenters. The van der Waals surface area contributed by atoms with Gasteiger partial charge in [-0.25, -0.2) is 0 Å². The van der Waals surface area contributed by atoms with Crippen molar-refractivity contribution in [3.05, 3.63) is 57.3 Å². The molecule has 150 valence electrons. The third kappa shape index (κ3) is 4.46. The molecule has 2 heterocycles. The van der Waals surface area contributed by atoms with E-state index in [9.17, 15) is 9.59 Å². The van der Waals surface area contributed by atoms with E-state index in [2.05, 4.69) is 49.6 Å². The molecule has 1 aliphatic rings. The molecule has 0 radical (unpaired) electrons. The number of amides is 2. The lowest BCUT2D eigenvalue weighted by Gasteiger charge is -2.37. The van der Waals surface area contributed by atoms with Crippen LogP contribution in [0.3, 0.4) is 0 Å². The third-order valence-corrected chi connectivity index (χ3v) is 6.44. The lowest BCUT2D eigenvalue weighted by atomic mass is 9.92. The number of carbonyl (C=O) groups is 2. The number of benzene rings is 1. The summed E-state index contributed by atoms with van der Waals surface area (Å²) in [5, 5.41) is 2.12. The van der Waals surface area contributed by atoms with Gasteiger partial charge in [0.05, 0.1) is 12.6 Å². The van der Waals surface area contributed by atoms with Gasteiger partial charge >= 0.3 is 0 Å². The fourth-order valence-corrected chi connectivity index (χ4v) is 4.72. The van der Waals surface area contributed by atoms with Gasteiger partial charge in [0.1, 0.15) is 0 Å². The molecule has 1 aromatic heterocycles. The Morgan fingerprint density at radius 3 is 2.61 bits per heavy atom. The first-order chi connectivity index (χ1) is 13.5. The molecule has 4 nitrogen and oxygen atoms in total. The summed E-state index contributed by atoms with van der Waals surface area (Å²) in [4.78, 5) is 30.7. The summed E-state index contributed by atoms with van der Waals surface area (Å²) in [6.45, 7) is 7.57. The van der Waals surface area contributed by atoms with Crippen LogP contribution in [0.15, 0.2) is 35.7 Å². The average Bonchev–Trinajstić information content (AvgIpc) is 3.19. The van der Waals surface area contributed by atoms with Crippen LogP contribution in [-0.4, -0.2) is 41.2 Å². The lowest BCUT2D eigenvalue weighted by molar-refractivity contribution is -0.141. The smallest absolute Gasteiger partial charge is 0.242 e. The molecule has 0 saturated carbocycles. The molecule has 0 aliphatic carbocycles. The number of fused-ring (bicyclic) bond motifs is 1. The first kappa shape index (κ1) is 20.6. The molecule has 5 heteroatoms. The van der Waals surface area contributed by atoms with Crippen molar-refractivity contribution in [1.82, 2.24) is 9.80 Å². The molecule has 3 rings (SSSR count). The van der Waals surface area contributed by atoms with E-state index in [-0.39, 0.29) is 24.4 Å². The van der Waals surface area contributed by atoms with Gasteiger partial charge in [0.15, 0.2) is 0 Å². The molecule has 0 saturated heterocycles. The highest BCUT2D eigenvalue weighted by molar-refractivity contribution is 7.10. The summed E-state index contributed by atoms with van der Waals surface area (Å²) in [6.07, 6.45) is 3.26. The van der Waals surface area contributed by atoms with E-state index in [1.54, 1.807) is 16.2 Å². The molecule has 0 fully saturated rings. The zero-order valence-corrected chi connectivity index (χ0v) is 17.9. The number of unbranched alkanes of at least 4 members (excludes halogenated alkanes) is 1. The number of rotatable bonds is 7. The quantitative estimate of drug-likeness (QED) is 0.685. The second-order valence-electron chi connectivity index (χ2n) is 7.47. The van der Waals surface area contributed by atoms with E-state index < -0.39 is 0 Å². The van der Waals surface area contributed by atoms with Crippen molar-refractivity contribution < 1.29 is 9.59 Å². The van der Waals surface area contributed by atoms with Crippen molar-refractivity contribution >= 4 is 23.2 Å². The maximum atomic E-state index is 13.3. The second-order valence-corrected chi connectivity index (χ2v) is 8.47. The highest BCUT2D eigenvalue weighted by Crippen LogP contribution is 2.37. The third-order valence-electron chi connectivity index (χ3n) is 5.44.